The van der Waals surface area contributed by atoms with Gasteiger partial charge in [-0.15, -0.1) is 0 Å². The highest BCUT2D eigenvalue weighted by Crippen LogP contribution is 2.45. The number of aliphatic imine (C=N–C) groups is 1. The van der Waals surface area contributed by atoms with Crippen molar-refractivity contribution < 1.29 is 18.7 Å². The van der Waals surface area contributed by atoms with Crippen LogP contribution >= 0.6 is 0 Å². The SMILES string of the molecule is COC(=O)c1ccc(COc2ccc3ccccc3c2C2N=C(NC#N)Nc3nc(N)c(C#N)c(N)c32)o1. The number of nitrogens with zero attached hydrogens (tertiary/aromatic N) is 4. The number of nitriles is 2. The molecule has 0 spiro atoms. The molecule has 0 bridgehead atoms. The number of hydrogen-bond donors (Lipinski definition) is 4. The Morgan fingerprint density at radius 1 is 1.16 bits per heavy atom. The molecule has 6 N–H and O–H groups in total. The third-order valence-corrected chi connectivity index (χ3v) is 5.98. The minimum atomic E-state index is -0.828. The molecule has 5 rings (SSSR count). The number of esters is 1. The monoisotopic (exact) mass is 508 g/mol. The molecule has 1 atom stereocenters. The summed E-state index contributed by atoms with van der Waals surface area (Å²) in [5.74, 6) is 0.601. The fourth-order valence-electron chi connectivity index (χ4n) is 4.29. The van der Waals surface area contributed by atoms with Gasteiger partial charge in [-0.25, -0.2) is 14.8 Å². The number of nitrogens with one attached hydrogen (secondary N) is 2. The Morgan fingerprint density at radius 3 is 2.74 bits per heavy atom. The molecular weight excluding hydrogens is 488 g/mol. The number of aromatic nitrogens is 1. The van der Waals surface area contributed by atoms with Gasteiger partial charge in [-0.2, -0.15) is 10.5 Å². The van der Waals surface area contributed by atoms with Gasteiger partial charge in [0.2, 0.25) is 11.7 Å². The predicted molar refractivity (Wildman–Crippen MR) is 138 cm³/mol. The average Bonchev–Trinajstić information content (AvgIpc) is 3.40. The maximum Gasteiger partial charge on any atom is 0.373 e. The predicted octanol–water partition coefficient (Wildman–Crippen LogP) is 3.17. The maximum atomic E-state index is 11.8. The van der Waals surface area contributed by atoms with E-state index in [-0.39, 0.29) is 41.2 Å². The van der Waals surface area contributed by atoms with Crippen molar-refractivity contribution in [2.45, 2.75) is 12.6 Å². The van der Waals surface area contributed by atoms with Crippen molar-refractivity contribution in [3.05, 3.63) is 76.7 Å². The number of carbonyl (C=O) groups is 1. The summed E-state index contributed by atoms with van der Waals surface area (Å²) >= 11 is 0. The van der Waals surface area contributed by atoms with Crippen LogP contribution in [0.25, 0.3) is 10.8 Å². The lowest BCUT2D eigenvalue weighted by atomic mass is 9.90. The van der Waals surface area contributed by atoms with Crippen LogP contribution in [0.5, 0.6) is 5.75 Å². The molecule has 12 heteroatoms. The van der Waals surface area contributed by atoms with Crippen LogP contribution in [0, 0.1) is 22.8 Å². The number of nitrogens with two attached hydrogens (primary N) is 2. The van der Waals surface area contributed by atoms with Crippen LogP contribution in [-0.4, -0.2) is 24.0 Å². The molecular formula is C26H20N8O4. The number of nitrogen functional groups attached to an aromatic ring is 2. The number of ether oxygens (including phenoxy) is 2. The molecule has 1 aliphatic rings. The van der Waals surface area contributed by atoms with E-state index in [0.29, 0.717) is 22.6 Å². The summed E-state index contributed by atoms with van der Waals surface area (Å²) < 4.78 is 16.4. The quantitative estimate of drug-likeness (QED) is 0.175. The molecule has 0 amide bonds. The van der Waals surface area contributed by atoms with Crippen LogP contribution < -0.4 is 26.8 Å². The zero-order valence-electron chi connectivity index (χ0n) is 20.0. The molecule has 0 radical (unpaired) electrons. The largest absolute Gasteiger partial charge is 0.485 e. The number of guanidine groups is 1. The Labute approximate surface area is 216 Å². The van der Waals surface area contributed by atoms with E-state index >= 15 is 0 Å². The molecule has 1 aliphatic heterocycles. The van der Waals surface area contributed by atoms with E-state index in [2.05, 4.69) is 20.4 Å². The summed E-state index contributed by atoms with van der Waals surface area (Å²) in [5, 5.41) is 26.0. The molecule has 0 aliphatic carbocycles. The third kappa shape index (κ3) is 4.12. The van der Waals surface area contributed by atoms with Gasteiger partial charge >= 0.3 is 5.97 Å². The van der Waals surface area contributed by atoms with Gasteiger partial charge < -0.3 is 30.7 Å². The van der Waals surface area contributed by atoms with Crippen LogP contribution in [0.15, 0.2) is 57.9 Å². The van der Waals surface area contributed by atoms with Crippen LogP contribution in [0.2, 0.25) is 0 Å². The Balaban J connectivity index is 1.67. The Morgan fingerprint density at radius 2 is 1.97 bits per heavy atom. The first kappa shape index (κ1) is 24.0. The molecule has 0 fully saturated rings. The van der Waals surface area contributed by atoms with Gasteiger partial charge in [0.05, 0.1) is 12.8 Å². The number of furan rings is 1. The van der Waals surface area contributed by atoms with E-state index in [1.807, 2.05) is 42.6 Å². The van der Waals surface area contributed by atoms with Crippen molar-refractivity contribution >= 4 is 40.0 Å². The van der Waals surface area contributed by atoms with E-state index < -0.39 is 12.0 Å². The topological polar surface area (TPSA) is 198 Å². The zero-order chi connectivity index (χ0) is 26.8. The number of rotatable bonds is 5. The molecule has 0 saturated carbocycles. The van der Waals surface area contributed by atoms with Crippen LogP contribution in [0.4, 0.5) is 17.3 Å². The number of pyridine rings is 1. The standard InChI is InChI=1S/C26H20N8O4/c1-36-25(35)18-9-7-14(38-18)11-37-17-8-6-13-4-2-3-5-15(13)19(17)22-20-21(29)16(10-27)23(30)33-24(20)34-26(32-22)31-12-28/h2-9,22H,11H2,1H3,(H6,29,30,31,32,33,34). The number of benzene rings is 2. The van der Waals surface area contributed by atoms with Gasteiger partial charge in [-0.1, -0.05) is 30.3 Å². The van der Waals surface area contributed by atoms with Crippen molar-refractivity contribution in [1.82, 2.24) is 10.3 Å². The Bertz CT molecular complexity index is 1700. The first-order valence-corrected chi connectivity index (χ1v) is 11.3. The smallest absolute Gasteiger partial charge is 0.373 e. The highest BCUT2D eigenvalue weighted by atomic mass is 16.5. The molecule has 4 aromatic rings. The fourth-order valence-corrected chi connectivity index (χ4v) is 4.29. The summed E-state index contributed by atoms with van der Waals surface area (Å²) in [4.78, 5) is 20.8. The molecule has 12 nitrogen and oxygen atoms in total. The molecule has 3 heterocycles. The number of anilines is 3. The normalized spacial score (nSPS) is 13.9. The summed E-state index contributed by atoms with van der Waals surface area (Å²) in [7, 11) is 1.26. The van der Waals surface area contributed by atoms with E-state index in [1.54, 1.807) is 12.1 Å². The van der Waals surface area contributed by atoms with Crippen LogP contribution in [-0.2, 0) is 11.3 Å². The number of carbonyl (C=O) groups excluding carboxylic acids is 1. The molecule has 2 aromatic heterocycles. The Kier molecular flexibility index (Phi) is 6.13. The number of methoxy groups -OCH3 is 1. The molecule has 188 valence electrons. The van der Waals surface area contributed by atoms with E-state index in [4.69, 9.17) is 25.6 Å². The number of hydrogen-bond acceptors (Lipinski definition) is 12. The minimum Gasteiger partial charge on any atom is -0.485 e. The molecule has 38 heavy (non-hydrogen) atoms. The first-order chi connectivity index (χ1) is 18.4. The van der Waals surface area contributed by atoms with Gasteiger partial charge in [0.25, 0.3) is 0 Å². The molecule has 2 aromatic carbocycles. The van der Waals surface area contributed by atoms with E-state index in [0.717, 1.165) is 10.8 Å². The summed E-state index contributed by atoms with van der Waals surface area (Å²) in [6.07, 6.45) is 1.84. The average molecular weight is 508 g/mol. The lowest BCUT2D eigenvalue weighted by Gasteiger charge is -2.28. The van der Waals surface area contributed by atoms with Crippen LogP contribution in [0.1, 0.15) is 39.0 Å². The van der Waals surface area contributed by atoms with Gasteiger partial charge in [0.1, 0.15) is 47.4 Å². The first-order valence-electron chi connectivity index (χ1n) is 11.3. The van der Waals surface area contributed by atoms with Crippen molar-refractivity contribution in [3.8, 4) is 18.0 Å². The molecule has 0 saturated heterocycles. The Hall–Kier alpha value is -5.75. The van der Waals surface area contributed by atoms with E-state index in [9.17, 15) is 15.3 Å². The highest BCUT2D eigenvalue weighted by molar-refractivity contribution is 6.00. The maximum absolute atomic E-state index is 11.8. The minimum absolute atomic E-state index is 0.00784. The van der Waals surface area contributed by atoms with Crippen LogP contribution in [0.3, 0.4) is 0 Å². The second-order valence-electron chi connectivity index (χ2n) is 8.15. The van der Waals surface area contributed by atoms with E-state index in [1.165, 1.54) is 13.2 Å². The molecule has 1 unspecified atom stereocenters. The lowest BCUT2D eigenvalue weighted by Crippen LogP contribution is -2.33. The summed E-state index contributed by atoms with van der Waals surface area (Å²) in [5.41, 5.74) is 13.6. The van der Waals surface area contributed by atoms with Crippen molar-refractivity contribution in [2.24, 2.45) is 4.99 Å². The highest BCUT2D eigenvalue weighted by Gasteiger charge is 2.32. The summed E-state index contributed by atoms with van der Waals surface area (Å²) in [6.45, 7) is -0.00784. The van der Waals surface area contributed by atoms with Crippen molar-refractivity contribution in [2.75, 3.05) is 23.9 Å². The van der Waals surface area contributed by atoms with Gasteiger partial charge in [-0.3, -0.25) is 5.32 Å². The van der Waals surface area contributed by atoms with Gasteiger partial charge in [-0.05, 0) is 29.0 Å². The number of fused-ring (bicyclic) bond motifs is 2. The van der Waals surface area contributed by atoms with Crippen molar-refractivity contribution in [1.29, 1.82) is 10.5 Å². The van der Waals surface area contributed by atoms with Gasteiger partial charge in [0, 0.05) is 11.1 Å². The second-order valence-corrected chi connectivity index (χ2v) is 8.15. The lowest BCUT2D eigenvalue weighted by molar-refractivity contribution is 0.0561. The fraction of sp³-hybridized carbons (Fsp3) is 0.115. The van der Waals surface area contributed by atoms with Crippen molar-refractivity contribution in [3.63, 3.8) is 0 Å². The zero-order valence-corrected chi connectivity index (χ0v) is 20.0. The second kappa shape index (κ2) is 9.72. The third-order valence-electron chi connectivity index (χ3n) is 5.98. The summed E-state index contributed by atoms with van der Waals surface area (Å²) in [6, 6.07) is 15.6. The van der Waals surface area contributed by atoms with Gasteiger partial charge in [0.15, 0.2) is 6.19 Å².